The van der Waals surface area contributed by atoms with Crippen molar-refractivity contribution in [3.05, 3.63) is 41.6 Å². The number of aromatic nitrogens is 2. The van der Waals surface area contributed by atoms with Crippen LogP contribution in [0.1, 0.15) is 39.0 Å². The lowest BCUT2D eigenvalue weighted by molar-refractivity contribution is 0.159. The van der Waals surface area contributed by atoms with Crippen LogP contribution in [-0.4, -0.2) is 26.8 Å². The Balaban J connectivity index is 2.30. The normalized spacial score (nSPS) is 12.1. The molecule has 5 nitrogen and oxygen atoms in total. The monoisotopic (exact) mass is 383 g/mol. The summed E-state index contributed by atoms with van der Waals surface area (Å²) in [6.45, 7) is 9.62. The third-order valence-electron chi connectivity index (χ3n) is 3.44. The first-order chi connectivity index (χ1) is 11.5. The molecule has 0 saturated heterocycles. The summed E-state index contributed by atoms with van der Waals surface area (Å²) in [4.78, 5) is 12.1. The van der Waals surface area contributed by atoms with Crippen LogP contribution in [0, 0.1) is 6.92 Å². The Morgan fingerprint density at radius 2 is 1.80 bits per heavy atom. The molecule has 0 spiro atoms. The molecule has 0 fully saturated rings. The van der Waals surface area contributed by atoms with Gasteiger partial charge in [0, 0.05) is 11.5 Å². The van der Waals surface area contributed by atoms with Gasteiger partial charge < -0.3 is 4.74 Å². The fraction of sp³-hybridized carbons (Fsp3) is 0.444. The zero-order valence-corrected chi connectivity index (χ0v) is 16.6. The summed E-state index contributed by atoms with van der Waals surface area (Å²) in [7, 11) is 0. The fourth-order valence-electron chi connectivity index (χ4n) is 2.05. The number of alkyl halides is 2. The Bertz CT molecular complexity index is 741. The number of anilines is 1. The molecule has 0 unspecified atom stereocenters. The highest BCUT2D eigenvalue weighted by Crippen LogP contribution is 2.27. The predicted molar refractivity (Wildman–Crippen MR) is 102 cm³/mol. The van der Waals surface area contributed by atoms with Gasteiger partial charge in [0.25, 0.3) is 0 Å². The quantitative estimate of drug-likeness (QED) is 0.736. The SMILES string of the molecule is Cc1ccc(-n2nc(C(C)(C)C)cc2NC(=O)OCC(C)(Cl)Cl)cc1. The molecule has 25 heavy (non-hydrogen) atoms. The van der Waals surface area contributed by atoms with Crippen molar-refractivity contribution < 1.29 is 9.53 Å². The van der Waals surface area contributed by atoms with E-state index in [-0.39, 0.29) is 12.0 Å². The third kappa shape index (κ3) is 5.65. The highest BCUT2D eigenvalue weighted by Gasteiger charge is 2.23. The summed E-state index contributed by atoms with van der Waals surface area (Å²) in [5.41, 5.74) is 2.67. The van der Waals surface area contributed by atoms with E-state index in [0.717, 1.165) is 16.9 Å². The van der Waals surface area contributed by atoms with Crippen LogP contribution in [0.2, 0.25) is 0 Å². The molecule has 2 aromatic rings. The molecular formula is C18H23Cl2N3O2. The van der Waals surface area contributed by atoms with Gasteiger partial charge in [-0.05, 0) is 26.0 Å². The minimum atomic E-state index is -1.13. The molecule has 1 N–H and O–H groups in total. The average Bonchev–Trinajstić information content (AvgIpc) is 2.89. The third-order valence-corrected chi connectivity index (χ3v) is 3.66. The van der Waals surface area contributed by atoms with Gasteiger partial charge in [-0.15, -0.1) is 0 Å². The molecule has 2 rings (SSSR count). The number of carbonyl (C=O) groups excluding carboxylic acids is 1. The van der Waals surface area contributed by atoms with Gasteiger partial charge in [-0.1, -0.05) is 61.7 Å². The van der Waals surface area contributed by atoms with Crippen LogP contribution in [-0.2, 0) is 10.2 Å². The van der Waals surface area contributed by atoms with Crippen LogP contribution in [0.4, 0.5) is 10.6 Å². The summed E-state index contributed by atoms with van der Waals surface area (Å²) < 4.78 is 5.61. The molecule has 7 heteroatoms. The highest BCUT2D eigenvalue weighted by atomic mass is 35.5. The summed E-state index contributed by atoms with van der Waals surface area (Å²) in [6.07, 6.45) is -0.638. The molecule has 1 heterocycles. The molecule has 0 aliphatic rings. The number of carbonyl (C=O) groups is 1. The largest absolute Gasteiger partial charge is 0.446 e. The average molecular weight is 384 g/mol. The standard InChI is InChI=1S/C18H23Cl2N3O2/c1-12-6-8-13(9-7-12)23-15(10-14(22-23)17(2,3)4)21-16(24)25-11-18(5,19)20/h6-10H,11H2,1-5H3,(H,21,24). The maximum atomic E-state index is 12.1. The molecule has 0 atom stereocenters. The number of amides is 1. The molecule has 0 bridgehead atoms. The number of nitrogens with one attached hydrogen (secondary N) is 1. The predicted octanol–water partition coefficient (Wildman–Crippen LogP) is 5.22. The summed E-state index contributed by atoms with van der Waals surface area (Å²) in [5, 5.41) is 7.35. The van der Waals surface area contributed by atoms with Crippen molar-refractivity contribution in [2.45, 2.75) is 44.4 Å². The van der Waals surface area contributed by atoms with Crippen LogP contribution in [0.5, 0.6) is 0 Å². The smallest absolute Gasteiger partial charge is 0.412 e. The number of benzene rings is 1. The van der Waals surface area contributed by atoms with Crippen molar-refractivity contribution in [1.29, 1.82) is 0 Å². The van der Waals surface area contributed by atoms with E-state index < -0.39 is 10.4 Å². The second-order valence-corrected chi connectivity index (χ2v) is 9.05. The zero-order valence-electron chi connectivity index (χ0n) is 15.1. The molecule has 0 aliphatic heterocycles. The van der Waals surface area contributed by atoms with Gasteiger partial charge in [0.15, 0.2) is 0 Å². The van der Waals surface area contributed by atoms with E-state index in [1.54, 1.807) is 11.6 Å². The van der Waals surface area contributed by atoms with Crippen molar-refractivity contribution >= 4 is 35.1 Å². The molecule has 0 aliphatic carbocycles. The number of halogens is 2. The Hall–Kier alpha value is -1.72. The second-order valence-electron chi connectivity index (χ2n) is 7.18. The van der Waals surface area contributed by atoms with Crippen molar-refractivity contribution in [2.75, 3.05) is 11.9 Å². The van der Waals surface area contributed by atoms with Gasteiger partial charge in [0.1, 0.15) is 16.8 Å². The van der Waals surface area contributed by atoms with Crippen molar-refractivity contribution in [2.24, 2.45) is 0 Å². The lowest BCUT2D eigenvalue weighted by Gasteiger charge is -2.14. The molecule has 0 radical (unpaired) electrons. The summed E-state index contributed by atoms with van der Waals surface area (Å²) >= 11 is 11.7. The van der Waals surface area contributed by atoms with E-state index in [1.165, 1.54) is 0 Å². The first-order valence-electron chi connectivity index (χ1n) is 7.95. The minimum Gasteiger partial charge on any atom is -0.446 e. The number of hydrogen-bond acceptors (Lipinski definition) is 3. The van der Waals surface area contributed by atoms with Gasteiger partial charge in [0.05, 0.1) is 11.4 Å². The number of hydrogen-bond donors (Lipinski definition) is 1. The van der Waals surface area contributed by atoms with E-state index in [0.29, 0.717) is 5.82 Å². The van der Waals surface area contributed by atoms with Gasteiger partial charge in [-0.25, -0.2) is 9.48 Å². The molecular weight excluding hydrogens is 361 g/mol. The molecule has 0 saturated carbocycles. The zero-order chi connectivity index (χ0) is 18.8. The Kier molecular flexibility index (Phi) is 5.69. The highest BCUT2D eigenvalue weighted by molar-refractivity contribution is 6.48. The van der Waals surface area contributed by atoms with Crippen LogP contribution in [0.15, 0.2) is 30.3 Å². The molecule has 136 valence electrons. The fourth-order valence-corrected chi connectivity index (χ4v) is 2.16. The van der Waals surface area contributed by atoms with Crippen LogP contribution < -0.4 is 5.32 Å². The number of nitrogens with zero attached hydrogens (tertiary/aromatic N) is 2. The number of aryl methyl sites for hydroxylation is 1. The Labute approximate surface area is 158 Å². The molecule has 1 aromatic heterocycles. The minimum absolute atomic E-state index is 0.118. The van der Waals surface area contributed by atoms with Crippen molar-refractivity contribution in [3.63, 3.8) is 0 Å². The molecule has 1 aromatic carbocycles. The van der Waals surface area contributed by atoms with E-state index in [1.807, 2.05) is 37.3 Å². The first kappa shape index (κ1) is 19.6. The van der Waals surface area contributed by atoms with Gasteiger partial charge >= 0.3 is 6.09 Å². The second kappa shape index (κ2) is 7.26. The number of ether oxygens (including phenoxy) is 1. The van der Waals surface area contributed by atoms with Gasteiger partial charge in [-0.3, -0.25) is 5.32 Å². The van der Waals surface area contributed by atoms with E-state index in [4.69, 9.17) is 27.9 Å². The lowest BCUT2D eigenvalue weighted by Crippen LogP contribution is -2.23. The van der Waals surface area contributed by atoms with Crippen LogP contribution in [0.3, 0.4) is 0 Å². The Morgan fingerprint density at radius 1 is 1.20 bits per heavy atom. The van der Waals surface area contributed by atoms with Crippen molar-refractivity contribution in [1.82, 2.24) is 9.78 Å². The first-order valence-corrected chi connectivity index (χ1v) is 8.70. The van der Waals surface area contributed by atoms with Gasteiger partial charge in [0.2, 0.25) is 0 Å². The van der Waals surface area contributed by atoms with Crippen LogP contribution in [0.25, 0.3) is 5.69 Å². The van der Waals surface area contributed by atoms with Crippen molar-refractivity contribution in [3.8, 4) is 5.69 Å². The lowest BCUT2D eigenvalue weighted by atomic mass is 9.92. The van der Waals surface area contributed by atoms with E-state index in [2.05, 4.69) is 31.2 Å². The maximum Gasteiger partial charge on any atom is 0.412 e. The number of rotatable bonds is 4. The van der Waals surface area contributed by atoms with Crippen LogP contribution >= 0.6 is 23.2 Å². The summed E-state index contributed by atoms with van der Waals surface area (Å²) in [6, 6.07) is 9.70. The van der Waals surface area contributed by atoms with E-state index in [9.17, 15) is 4.79 Å². The summed E-state index contributed by atoms with van der Waals surface area (Å²) in [5.74, 6) is 0.518. The maximum absolute atomic E-state index is 12.1. The Morgan fingerprint density at radius 3 is 2.32 bits per heavy atom. The topological polar surface area (TPSA) is 56.2 Å². The van der Waals surface area contributed by atoms with E-state index >= 15 is 0 Å². The molecule has 1 amide bonds. The van der Waals surface area contributed by atoms with Gasteiger partial charge in [-0.2, -0.15) is 5.10 Å².